The molecule has 1 saturated heterocycles. The Morgan fingerprint density at radius 3 is 2.64 bits per heavy atom. The van der Waals surface area contributed by atoms with Crippen molar-refractivity contribution in [3.05, 3.63) is 28.8 Å². The van der Waals surface area contributed by atoms with E-state index >= 15 is 0 Å². The summed E-state index contributed by atoms with van der Waals surface area (Å²) in [5.41, 5.74) is 1.71. The Bertz CT molecular complexity index is 554. The Morgan fingerprint density at radius 1 is 1.36 bits per heavy atom. The van der Waals surface area contributed by atoms with Crippen LogP contribution in [0.4, 0.5) is 10.5 Å². The van der Waals surface area contributed by atoms with E-state index in [1.54, 1.807) is 17.9 Å². The Kier molecular flexibility index (Phi) is 5.66. The van der Waals surface area contributed by atoms with Crippen molar-refractivity contribution in [2.24, 2.45) is 5.92 Å². The van der Waals surface area contributed by atoms with Crippen LogP contribution in [0.3, 0.4) is 0 Å². The van der Waals surface area contributed by atoms with Gasteiger partial charge < -0.3 is 15.0 Å². The summed E-state index contributed by atoms with van der Waals surface area (Å²) < 4.78 is 4.97. The van der Waals surface area contributed by atoms with Gasteiger partial charge in [-0.1, -0.05) is 11.6 Å². The summed E-state index contributed by atoms with van der Waals surface area (Å²) in [5.74, 6) is -0.0883. The molecular formula is C16H21ClN2O3. The molecule has 1 fully saturated rings. The lowest BCUT2D eigenvalue weighted by molar-refractivity contribution is -0.121. The number of anilines is 1. The quantitative estimate of drug-likeness (QED) is 0.926. The minimum atomic E-state index is -0.296. The van der Waals surface area contributed by atoms with E-state index in [1.165, 1.54) is 0 Å². The number of amides is 2. The van der Waals surface area contributed by atoms with E-state index in [-0.39, 0.29) is 17.9 Å². The van der Waals surface area contributed by atoms with Crippen molar-refractivity contribution in [2.75, 3.05) is 25.0 Å². The second-order valence-corrected chi connectivity index (χ2v) is 5.85. The lowest BCUT2D eigenvalue weighted by Crippen LogP contribution is -2.41. The van der Waals surface area contributed by atoms with Crippen LogP contribution in [0.1, 0.15) is 25.3 Å². The van der Waals surface area contributed by atoms with Gasteiger partial charge in [0.15, 0.2) is 0 Å². The molecule has 1 N–H and O–H groups in total. The van der Waals surface area contributed by atoms with E-state index in [9.17, 15) is 9.59 Å². The summed E-state index contributed by atoms with van der Waals surface area (Å²) in [4.78, 5) is 25.6. The predicted octanol–water partition coefficient (Wildman–Crippen LogP) is 3.46. The molecule has 1 aromatic rings. The van der Waals surface area contributed by atoms with Gasteiger partial charge in [0.2, 0.25) is 5.91 Å². The van der Waals surface area contributed by atoms with Crippen LogP contribution in [-0.2, 0) is 9.53 Å². The number of nitrogens with one attached hydrogen (secondary N) is 1. The first-order chi connectivity index (χ1) is 10.5. The second-order valence-electron chi connectivity index (χ2n) is 5.41. The van der Waals surface area contributed by atoms with Crippen molar-refractivity contribution < 1.29 is 14.3 Å². The lowest BCUT2D eigenvalue weighted by atomic mass is 9.96. The first kappa shape index (κ1) is 16.6. The van der Waals surface area contributed by atoms with Crippen molar-refractivity contribution in [2.45, 2.75) is 26.7 Å². The number of piperidine rings is 1. The minimum absolute atomic E-state index is 0.00562. The number of aryl methyl sites for hydroxylation is 1. The van der Waals surface area contributed by atoms with Gasteiger partial charge in [-0.05, 0) is 50.5 Å². The van der Waals surface area contributed by atoms with E-state index in [0.29, 0.717) is 37.6 Å². The van der Waals surface area contributed by atoms with Crippen LogP contribution < -0.4 is 5.32 Å². The number of ether oxygens (including phenoxy) is 1. The number of carbonyl (C=O) groups is 2. The van der Waals surface area contributed by atoms with Gasteiger partial charge in [-0.2, -0.15) is 0 Å². The Labute approximate surface area is 135 Å². The average Bonchev–Trinajstić information content (AvgIpc) is 2.50. The van der Waals surface area contributed by atoms with Crippen molar-refractivity contribution in [1.82, 2.24) is 4.90 Å². The molecule has 6 heteroatoms. The van der Waals surface area contributed by atoms with Gasteiger partial charge in [0.05, 0.1) is 6.61 Å². The molecule has 0 atom stereocenters. The normalized spacial score (nSPS) is 15.5. The molecule has 0 aromatic heterocycles. The zero-order chi connectivity index (χ0) is 16.1. The highest BCUT2D eigenvalue weighted by Gasteiger charge is 2.28. The number of nitrogens with zero attached hydrogens (tertiary/aromatic N) is 1. The predicted molar refractivity (Wildman–Crippen MR) is 86.1 cm³/mol. The first-order valence-corrected chi connectivity index (χ1v) is 7.87. The summed E-state index contributed by atoms with van der Waals surface area (Å²) in [6.07, 6.45) is 1.00. The first-order valence-electron chi connectivity index (χ1n) is 7.50. The van der Waals surface area contributed by atoms with E-state index in [2.05, 4.69) is 5.32 Å². The monoisotopic (exact) mass is 324 g/mol. The third-order valence-electron chi connectivity index (χ3n) is 3.84. The van der Waals surface area contributed by atoms with Crippen molar-refractivity contribution in [3.8, 4) is 0 Å². The maximum absolute atomic E-state index is 12.3. The molecule has 2 amide bonds. The molecule has 1 aliphatic heterocycles. The van der Waals surface area contributed by atoms with E-state index in [0.717, 1.165) is 11.3 Å². The Balaban J connectivity index is 1.88. The fourth-order valence-electron chi connectivity index (χ4n) is 2.54. The van der Waals surface area contributed by atoms with Crippen LogP contribution in [0.5, 0.6) is 0 Å². The zero-order valence-corrected chi connectivity index (χ0v) is 13.7. The topological polar surface area (TPSA) is 58.6 Å². The van der Waals surface area contributed by atoms with Crippen molar-refractivity contribution >= 4 is 29.3 Å². The molecule has 0 saturated carbocycles. The van der Waals surface area contributed by atoms with Crippen LogP contribution in [0.15, 0.2) is 18.2 Å². The molecular weight excluding hydrogens is 304 g/mol. The minimum Gasteiger partial charge on any atom is -0.450 e. The van der Waals surface area contributed by atoms with Gasteiger partial charge >= 0.3 is 6.09 Å². The van der Waals surface area contributed by atoms with Gasteiger partial charge in [-0.25, -0.2) is 4.79 Å². The highest BCUT2D eigenvalue weighted by molar-refractivity contribution is 6.30. The third-order valence-corrected chi connectivity index (χ3v) is 4.07. The largest absolute Gasteiger partial charge is 0.450 e. The van der Waals surface area contributed by atoms with Crippen molar-refractivity contribution in [3.63, 3.8) is 0 Å². The molecule has 5 nitrogen and oxygen atoms in total. The SMILES string of the molecule is CCOC(=O)N1CCC(C(=O)Nc2ccc(Cl)cc2C)CC1. The summed E-state index contributed by atoms with van der Waals surface area (Å²) in [6, 6.07) is 5.39. The van der Waals surface area contributed by atoms with Crippen LogP contribution >= 0.6 is 11.6 Å². The second kappa shape index (κ2) is 7.49. The highest BCUT2D eigenvalue weighted by Crippen LogP contribution is 2.23. The zero-order valence-electron chi connectivity index (χ0n) is 12.9. The Hall–Kier alpha value is -1.75. The summed E-state index contributed by atoms with van der Waals surface area (Å²) >= 11 is 5.91. The molecule has 120 valence electrons. The number of hydrogen-bond donors (Lipinski definition) is 1. The van der Waals surface area contributed by atoms with Crippen LogP contribution in [0.2, 0.25) is 5.02 Å². The van der Waals surface area contributed by atoms with Crippen LogP contribution in [0, 0.1) is 12.8 Å². The fourth-order valence-corrected chi connectivity index (χ4v) is 2.77. The maximum atomic E-state index is 12.3. The van der Waals surface area contributed by atoms with Gasteiger partial charge in [-0.15, -0.1) is 0 Å². The molecule has 0 radical (unpaired) electrons. The van der Waals surface area contributed by atoms with Gasteiger partial charge in [-0.3, -0.25) is 4.79 Å². The van der Waals surface area contributed by atoms with Crippen molar-refractivity contribution in [1.29, 1.82) is 0 Å². The maximum Gasteiger partial charge on any atom is 0.409 e. The van der Waals surface area contributed by atoms with E-state index in [1.807, 2.05) is 19.1 Å². The standard InChI is InChI=1S/C16H21ClN2O3/c1-3-22-16(21)19-8-6-12(7-9-19)15(20)18-14-5-4-13(17)10-11(14)2/h4-5,10,12H,3,6-9H2,1-2H3,(H,18,20). The lowest BCUT2D eigenvalue weighted by Gasteiger charge is -2.30. The number of hydrogen-bond acceptors (Lipinski definition) is 3. The highest BCUT2D eigenvalue weighted by atomic mass is 35.5. The summed E-state index contributed by atoms with van der Waals surface area (Å²) in [7, 11) is 0. The average molecular weight is 325 g/mol. The smallest absolute Gasteiger partial charge is 0.409 e. The summed E-state index contributed by atoms with van der Waals surface area (Å²) in [6.45, 7) is 5.17. The van der Waals surface area contributed by atoms with Gasteiger partial charge in [0, 0.05) is 29.7 Å². The summed E-state index contributed by atoms with van der Waals surface area (Å²) in [5, 5.41) is 3.60. The van der Waals surface area contributed by atoms with E-state index in [4.69, 9.17) is 16.3 Å². The van der Waals surface area contributed by atoms with Gasteiger partial charge in [0.25, 0.3) is 0 Å². The molecule has 1 aliphatic rings. The fraction of sp³-hybridized carbons (Fsp3) is 0.500. The number of rotatable bonds is 3. The molecule has 0 aliphatic carbocycles. The van der Waals surface area contributed by atoms with Gasteiger partial charge in [0.1, 0.15) is 0 Å². The number of likely N-dealkylation sites (tertiary alicyclic amines) is 1. The van der Waals surface area contributed by atoms with Crippen LogP contribution in [0.25, 0.3) is 0 Å². The number of carbonyl (C=O) groups excluding carboxylic acids is 2. The van der Waals surface area contributed by atoms with E-state index < -0.39 is 0 Å². The molecule has 0 bridgehead atoms. The molecule has 0 spiro atoms. The molecule has 1 heterocycles. The van der Waals surface area contributed by atoms with Crippen LogP contribution in [-0.4, -0.2) is 36.6 Å². The number of benzene rings is 1. The number of halogens is 1. The Morgan fingerprint density at radius 2 is 2.05 bits per heavy atom. The third kappa shape index (κ3) is 4.13. The molecule has 22 heavy (non-hydrogen) atoms. The molecule has 2 rings (SSSR count). The molecule has 0 unspecified atom stereocenters. The molecule has 1 aromatic carbocycles.